The van der Waals surface area contributed by atoms with Crippen molar-refractivity contribution in [1.82, 2.24) is 24.1 Å². The first-order valence-electron chi connectivity index (χ1n) is 9.16. The minimum atomic E-state index is -0.0641. The standard InChI is InChI=1S/C21H22ClN5O/c1-13-8-9-18-17(10-13)20(28)26(4)21-24-23-19(27(18)21)12-25(3)14(2)15-6-5-7-16(22)11-15/h5-11,14H,12H2,1-4H3. The topological polar surface area (TPSA) is 55.4 Å². The van der Waals surface area contributed by atoms with Crippen LogP contribution in [0.3, 0.4) is 0 Å². The van der Waals surface area contributed by atoms with E-state index in [1.807, 2.05) is 54.8 Å². The fourth-order valence-electron chi connectivity index (χ4n) is 3.54. The van der Waals surface area contributed by atoms with Crippen molar-refractivity contribution < 1.29 is 0 Å². The average Bonchev–Trinajstić information content (AvgIpc) is 3.09. The first-order chi connectivity index (χ1) is 13.4. The van der Waals surface area contributed by atoms with Gasteiger partial charge < -0.3 is 0 Å². The monoisotopic (exact) mass is 395 g/mol. The molecule has 28 heavy (non-hydrogen) atoms. The molecule has 0 spiro atoms. The number of hydrogen-bond donors (Lipinski definition) is 0. The number of nitrogens with zero attached hydrogens (tertiary/aromatic N) is 5. The summed E-state index contributed by atoms with van der Waals surface area (Å²) < 4.78 is 3.52. The van der Waals surface area contributed by atoms with E-state index in [1.54, 1.807) is 11.6 Å². The van der Waals surface area contributed by atoms with E-state index in [4.69, 9.17) is 11.6 Å². The third-order valence-electron chi connectivity index (χ3n) is 5.32. The Labute approximate surface area is 168 Å². The van der Waals surface area contributed by atoms with Gasteiger partial charge in [-0.15, -0.1) is 10.2 Å². The van der Waals surface area contributed by atoms with Gasteiger partial charge in [-0.05, 0) is 50.7 Å². The second kappa shape index (κ2) is 7.04. The molecule has 0 N–H and O–H groups in total. The van der Waals surface area contributed by atoms with Gasteiger partial charge in [-0.25, -0.2) is 0 Å². The number of halogens is 1. The molecule has 0 aliphatic heterocycles. The molecule has 1 atom stereocenters. The fraction of sp³-hybridized carbons (Fsp3) is 0.286. The predicted octanol–water partition coefficient (Wildman–Crippen LogP) is 3.74. The molecule has 6 nitrogen and oxygen atoms in total. The minimum Gasteiger partial charge on any atom is -0.292 e. The first-order valence-corrected chi connectivity index (χ1v) is 9.53. The summed E-state index contributed by atoms with van der Waals surface area (Å²) in [6, 6.07) is 13.9. The Kier molecular flexibility index (Phi) is 4.69. The van der Waals surface area contributed by atoms with Crippen molar-refractivity contribution in [1.29, 1.82) is 0 Å². The zero-order valence-electron chi connectivity index (χ0n) is 16.3. The molecule has 2 aromatic carbocycles. The van der Waals surface area contributed by atoms with E-state index in [1.165, 1.54) is 0 Å². The molecule has 0 saturated carbocycles. The van der Waals surface area contributed by atoms with Gasteiger partial charge >= 0.3 is 0 Å². The Bertz CT molecular complexity index is 1240. The SMILES string of the molecule is Cc1ccc2c(c1)c(=O)n(C)c1nnc(CN(C)C(C)c3cccc(Cl)c3)n21. The van der Waals surface area contributed by atoms with E-state index in [-0.39, 0.29) is 11.6 Å². The fourth-order valence-corrected chi connectivity index (χ4v) is 3.74. The van der Waals surface area contributed by atoms with Gasteiger partial charge in [-0.1, -0.05) is 35.4 Å². The van der Waals surface area contributed by atoms with Crippen molar-refractivity contribution in [3.8, 4) is 0 Å². The van der Waals surface area contributed by atoms with Crippen molar-refractivity contribution in [2.75, 3.05) is 7.05 Å². The Morgan fingerprint density at radius 1 is 1.18 bits per heavy atom. The van der Waals surface area contributed by atoms with Crippen molar-refractivity contribution >= 4 is 28.3 Å². The Balaban J connectivity index is 1.79. The summed E-state index contributed by atoms with van der Waals surface area (Å²) >= 11 is 6.15. The molecular formula is C21H22ClN5O. The van der Waals surface area contributed by atoms with E-state index in [0.29, 0.717) is 17.7 Å². The highest BCUT2D eigenvalue weighted by Gasteiger charge is 2.19. The van der Waals surface area contributed by atoms with E-state index < -0.39 is 0 Å². The molecule has 2 aromatic heterocycles. The van der Waals surface area contributed by atoms with Gasteiger partial charge in [0, 0.05) is 18.1 Å². The van der Waals surface area contributed by atoms with Crippen LogP contribution in [0, 0.1) is 6.92 Å². The van der Waals surface area contributed by atoms with Gasteiger partial charge in [-0.3, -0.25) is 18.7 Å². The molecule has 0 aliphatic carbocycles. The normalized spacial score (nSPS) is 12.9. The highest BCUT2D eigenvalue weighted by molar-refractivity contribution is 6.30. The molecule has 4 aromatic rings. The van der Waals surface area contributed by atoms with Crippen LogP contribution >= 0.6 is 11.6 Å². The van der Waals surface area contributed by atoms with Crippen molar-refractivity contribution in [3.05, 3.63) is 74.8 Å². The molecule has 0 aliphatic rings. The van der Waals surface area contributed by atoms with Crippen LogP contribution in [0.5, 0.6) is 0 Å². The van der Waals surface area contributed by atoms with Crippen LogP contribution in [0.1, 0.15) is 29.9 Å². The smallest absolute Gasteiger partial charge is 0.262 e. The van der Waals surface area contributed by atoms with E-state index in [9.17, 15) is 4.79 Å². The Hall–Kier alpha value is -2.70. The van der Waals surface area contributed by atoms with Gasteiger partial charge in [0.2, 0.25) is 5.78 Å². The lowest BCUT2D eigenvalue weighted by Crippen LogP contribution is -2.24. The van der Waals surface area contributed by atoms with E-state index >= 15 is 0 Å². The molecule has 0 radical (unpaired) electrons. The van der Waals surface area contributed by atoms with Crippen LogP contribution in [-0.4, -0.2) is 31.1 Å². The molecule has 0 amide bonds. The van der Waals surface area contributed by atoms with Gasteiger partial charge in [-0.2, -0.15) is 0 Å². The van der Waals surface area contributed by atoms with Crippen LogP contribution in [0.2, 0.25) is 5.02 Å². The zero-order valence-corrected chi connectivity index (χ0v) is 17.1. The highest BCUT2D eigenvalue weighted by Crippen LogP contribution is 2.24. The number of fused-ring (bicyclic) bond motifs is 3. The van der Waals surface area contributed by atoms with Crippen LogP contribution < -0.4 is 5.56 Å². The van der Waals surface area contributed by atoms with Gasteiger partial charge in [0.05, 0.1) is 17.4 Å². The minimum absolute atomic E-state index is 0.0641. The van der Waals surface area contributed by atoms with Crippen molar-refractivity contribution in [2.45, 2.75) is 26.4 Å². The lowest BCUT2D eigenvalue weighted by molar-refractivity contribution is 0.246. The van der Waals surface area contributed by atoms with Crippen molar-refractivity contribution in [2.24, 2.45) is 7.05 Å². The average molecular weight is 396 g/mol. The second-order valence-electron chi connectivity index (χ2n) is 7.28. The molecule has 0 saturated heterocycles. The molecule has 4 rings (SSSR count). The number of benzene rings is 2. The summed E-state index contributed by atoms with van der Waals surface area (Å²) in [6.07, 6.45) is 0. The molecule has 2 heterocycles. The predicted molar refractivity (Wildman–Crippen MR) is 112 cm³/mol. The quantitative estimate of drug-likeness (QED) is 0.528. The van der Waals surface area contributed by atoms with Gasteiger partial charge in [0.1, 0.15) is 0 Å². The second-order valence-corrected chi connectivity index (χ2v) is 7.72. The lowest BCUT2D eigenvalue weighted by atomic mass is 10.1. The van der Waals surface area contributed by atoms with Gasteiger partial charge in [0.15, 0.2) is 5.82 Å². The maximum atomic E-state index is 12.7. The molecule has 0 bridgehead atoms. The number of hydrogen-bond acceptors (Lipinski definition) is 4. The summed E-state index contributed by atoms with van der Waals surface area (Å²) in [6.45, 7) is 4.69. The zero-order chi connectivity index (χ0) is 20.0. The maximum absolute atomic E-state index is 12.7. The summed E-state index contributed by atoms with van der Waals surface area (Å²) in [4.78, 5) is 14.9. The summed E-state index contributed by atoms with van der Waals surface area (Å²) in [5.41, 5.74) is 2.94. The highest BCUT2D eigenvalue weighted by atomic mass is 35.5. The Morgan fingerprint density at radius 2 is 1.96 bits per heavy atom. The largest absolute Gasteiger partial charge is 0.292 e. The van der Waals surface area contributed by atoms with Crippen LogP contribution in [0.15, 0.2) is 47.3 Å². The van der Waals surface area contributed by atoms with Gasteiger partial charge in [0.25, 0.3) is 5.56 Å². The number of rotatable bonds is 4. The lowest BCUT2D eigenvalue weighted by Gasteiger charge is -2.24. The summed E-state index contributed by atoms with van der Waals surface area (Å²) in [5.74, 6) is 1.33. The number of aromatic nitrogens is 4. The summed E-state index contributed by atoms with van der Waals surface area (Å²) in [5, 5.41) is 10.1. The third kappa shape index (κ3) is 3.08. The van der Waals surface area contributed by atoms with E-state index in [0.717, 1.165) is 27.5 Å². The molecule has 7 heteroatoms. The molecule has 1 unspecified atom stereocenters. The van der Waals surface area contributed by atoms with Crippen LogP contribution in [0.4, 0.5) is 0 Å². The number of aryl methyl sites for hydroxylation is 2. The molecular weight excluding hydrogens is 374 g/mol. The maximum Gasteiger partial charge on any atom is 0.262 e. The van der Waals surface area contributed by atoms with E-state index in [2.05, 4.69) is 28.1 Å². The summed E-state index contributed by atoms with van der Waals surface area (Å²) in [7, 11) is 3.77. The van der Waals surface area contributed by atoms with Crippen LogP contribution in [0.25, 0.3) is 16.7 Å². The first kappa shape index (κ1) is 18.7. The van der Waals surface area contributed by atoms with Crippen LogP contribution in [-0.2, 0) is 13.6 Å². The Morgan fingerprint density at radius 3 is 2.71 bits per heavy atom. The van der Waals surface area contributed by atoms with Crippen molar-refractivity contribution in [3.63, 3.8) is 0 Å². The molecule has 0 fully saturated rings. The third-order valence-corrected chi connectivity index (χ3v) is 5.56. The molecule has 144 valence electrons.